The lowest BCUT2D eigenvalue weighted by atomic mass is 10.1. The molecule has 0 aliphatic carbocycles. The molecule has 6 nitrogen and oxygen atoms in total. The first-order chi connectivity index (χ1) is 19.3. The van der Waals surface area contributed by atoms with Gasteiger partial charge in [-0.05, 0) is 72.3 Å². The fourth-order valence-corrected chi connectivity index (χ4v) is 4.79. The number of carbonyl (C=O) groups excluding carboxylic acids is 3. The Kier molecular flexibility index (Phi) is 10.3. The first-order valence-corrected chi connectivity index (χ1v) is 14.0. The summed E-state index contributed by atoms with van der Waals surface area (Å²) in [5, 5.41) is 9.58. The minimum absolute atomic E-state index is 0.0342. The van der Waals surface area contributed by atoms with Crippen LogP contribution >= 0.6 is 46.6 Å². The van der Waals surface area contributed by atoms with Gasteiger partial charge in [0.2, 0.25) is 5.91 Å². The number of amides is 3. The number of carbonyl (C=O) groups is 3. The lowest BCUT2D eigenvalue weighted by molar-refractivity contribution is -0.114. The maximum absolute atomic E-state index is 13.3. The molecule has 0 saturated heterocycles. The van der Waals surface area contributed by atoms with Crippen molar-refractivity contribution in [1.29, 1.82) is 0 Å². The van der Waals surface area contributed by atoms with Crippen molar-refractivity contribution in [2.24, 2.45) is 0 Å². The lowest BCUT2D eigenvalue weighted by Crippen LogP contribution is -2.30. The standard InChI is InChI=1S/C30H22Cl3N3O3S/c31-21-9-4-6-19(14-21)15-27(36-29(38)20-7-2-1-3-8-20)30(39)34-23-10-5-11-24(17-23)40-18-28(37)35-26-16-22(32)12-13-25(26)33/h1-17H,18H2,(H,34,39)(H,35,37)(H,36,38)/b27-15-. The summed E-state index contributed by atoms with van der Waals surface area (Å²) in [5.74, 6) is -1.12. The lowest BCUT2D eigenvalue weighted by Gasteiger charge is -2.12. The van der Waals surface area contributed by atoms with Crippen molar-refractivity contribution in [3.05, 3.63) is 129 Å². The topological polar surface area (TPSA) is 87.3 Å². The van der Waals surface area contributed by atoms with Gasteiger partial charge in [0.15, 0.2) is 0 Å². The summed E-state index contributed by atoms with van der Waals surface area (Å²) < 4.78 is 0. The van der Waals surface area contributed by atoms with Crippen LogP contribution in [-0.2, 0) is 9.59 Å². The Morgan fingerprint density at radius 1 is 0.750 bits per heavy atom. The SMILES string of the molecule is O=C(CSc1cccc(NC(=O)/C(=C/c2cccc(Cl)c2)NC(=O)c2ccccc2)c1)Nc1cc(Cl)ccc1Cl. The molecule has 4 rings (SSSR count). The highest BCUT2D eigenvalue weighted by atomic mass is 35.5. The van der Waals surface area contributed by atoms with E-state index >= 15 is 0 Å². The number of halogens is 3. The molecule has 0 fully saturated rings. The molecule has 0 heterocycles. The molecular weight excluding hydrogens is 589 g/mol. The highest BCUT2D eigenvalue weighted by Crippen LogP contribution is 2.27. The molecule has 0 saturated carbocycles. The highest BCUT2D eigenvalue weighted by molar-refractivity contribution is 8.00. The van der Waals surface area contributed by atoms with E-state index in [-0.39, 0.29) is 17.4 Å². The van der Waals surface area contributed by atoms with E-state index in [0.29, 0.717) is 37.6 Å². The third-order valence-corrected chi connectivity index (χ3v) is 7.15. The number of benzene rings is 4. The summed E-state index contributed by atoms with van der Waals surface area (Å²) in [7, 11) is 0. The van der Waals surface area contributed by atoms with Gasteiger partial charge in [-0.1, -0.05) is 71.2 Å². The third kappa shape index (κ3) is 8.63. The molecule has 0 aliphatic rings. The van der Waals surface area contributed by atoms with E-state index in [9.17, 15) is 14.4 Å². The van der Waals surface area contributed by atoms with Crippen molar-refractivity contribution in [2.45, 2.75) is 4.90 Å². The van der Waals surface area contributed by atoms with Crippen LogP contribution in [0.3, 0.4) is 0 Å². The van der Waals surface area contributed by atoms with Gasteiger partial charge in [0.05, 0.1) is 16.5 Å². The number of thioether (sulfide) groups is 1. The number of nitrogens with one attached hydrogen (secondary N) is 3. The van der Waals surface area contributed by atoms with Crippen LogP contribution in [0.5, 0.6) is 0 Å². The van der Waals surface area contributed by atoms with Crippen molar-refractivity contribution in [2.75, 3.05) is 16.4 Å². The summed E-state index contributed by atoms with van der Waals surface area (Å²) in [6, 6.07) is 27.3. The van der Waals surface area contributed by atoms with Gasteiger partial charge in [0.1, 0.15) is 5.70 Å². The highest BCUT2D eigenvalue weighted by Gasteiger charge is 2.16. The second-order valence-electron chi connectivity index (χ2n) is 8.38. The van der Waals surface area contributed by atoms with Crippen LogP contribution in [0.25, 0.3) is 6.08 Å². The Morgan fingerprint density at radius 2 is 1.50 bits per heavy atom. The van der Waals surface area contributed by atoms with Crippen LogP contribution in [0.15, 0.2) is 108 Å². The number of hydrogen-bond donors (Lipinski definition) is 3. The Hall–Kier alpha value is -3.75. The Labute approximate surface area is 250 Å². The van der Waals surface area contributed by atoms with Crippen molar-refractivity contribution in [1.82, 2.24) is 5.32 Å². The molecule has 0 aromatic heterocycles. The van der Waals surface area contributed by atoms with Gasteiger partial charge in [-0.15, -0.1) is 11.8 Å². The van der Waals surface area contributed by atoms with Crippen molar-refractivity contribution in [3.63, 3.8) is 0 Å². The molecule has 202 valence electrons. The van der Waals surface area contributed by atoms with Crippen molar-refractivity contribution >= 4 is 81.7 Å². The zero-order chi connectivity index (χ0) is 28.5. The summed E-state index contributed by atoms with van der Waals surface area (Å²) in [6.07, 6.45) is 1.55. The number of anilines is 2. The summed E-state index contributed by atoms with van der Waals surface area (Å²) in [5.41, 5.74) is 1.99. The average Bonchev–Trinajstić information content (AvgIpc) is 2.94. The molecule has 3 N–H and O–H groups in total. The van der Waals surface area contributed by atoms with Crippen LogP contribution in [0.4, 0.5) is 11.4 Å². The third-order valence-electron chi connectivity index (χ3n) is 5.35. The molecule has 0 radical (unpaired) electrons. The zero-order valence-electron chi connectivity index (χ0n) is 20.8. The van der Waals surface area contributed by atoms with Gasteiger partial charge >= 0.3 is 0 Å². The van der Waals surface area contributed by atoms with E-state index in [0.717, 1.165) is 4.90 Å². The molecule has 0 spiro atoms. The first-order valence-electron chi connectivity index (χ1n) is 11.9. The van der Waals surface area contributed by atoms with Crippen LogP contribution in [0.2, 0.25) is 15.1 Å². The second kappa shape index (κ2) is 14.1. The van der Waals surface area contributed by atoms with Gasteiger partial charge in [-0.2, -0.15) is 0 Å². The van der Waals surface area contributed by atoms with Crippen LogP contribution in [-0.4, -0.2) is 23.5 Å². The summed E-state index contributed by atoms with van der Waals surface area (Å²) in [6.45, 7) is 0. The minimum Gasteiger partial charge on any atom is -0.324 e. The van der Waals surface area contributed by atoms with E-state index in [4.69, 9.17) is 34.8 Å². The molecule has 3 amide bonds. The second-order valence-corrected chi connectivity index (χ2v) is 10.7. The van der Waals surface area contributed by atoms with Gasteiger partial charge in [0, 0.05) is 26.2 Å². The van der Waals surface area contributed by atoms with Gasteiger partial charge in [0.25, 0.3) is 11.8 Å². The van der Waals surface area contributed by atoms with Crippen LogP contribution in [0, 0.1) is 0 Å². The molecule has 0 aliphatic heterocycles. The molecule has 0 bridgehead atoms. The normalized spacial score (nSPS) is 11.0. The zero-order valence-corrected chi connectivity index (χ0v) is 23.9. The molecule has 0 unspecified atom stereocenters. The van der Waals surface area contributed by atoms with Gasteiger partial charge < -0.3 is 16.0 Å². The average molecular weight is 611 g/mol. The predicted molar refractivity (Wildman–Crippen MR) is 164 cm³/mol. The van der Waals surface area contributed by atoms with Crippen molar-refractivity contribution < 1.29 is 14.4 Å². The molecule has 0 atom stereocenters. The van der Waals surface area contributed by atoms with Crippen LogP contribution < -0.4 is 16.0 Å². The van der Waals surface area contributed by atoms with Gasteiger partial charge in [-0.25, -0.2) is 0 Å². The fraction of sp³-hybridized carbons (Fsp3) is 0.0333. The molecule has 10 heteroatoms. The van der Waals surface area contributed by atoms with E-state index in [2.05, 4.69) is 16.0 Å². The monoisotopic (exact) mass is 609 g/mol. The van der Waals surface area contributed by atoms with E-state index < -0.39 is 11.8 Å². The van der Waals surface area contributed by atoms with Crippen LogP contribution in [0.1, 0.15) is 15.9 Å². The number of rotatable bonds is 9. The van der Waals surface area contributed by atoms with E-state index in [1.807, 2.05) is 6.07 Å². The first kappa shape index (κ1) is 29.2. The molecule has 4 aromatic rings. The number of hydrogen-bond acceptors (Lipinski definition) is 4. The van der Waals surface area contributed by atoms with Gasteiger partial charge in [-0.3, -0.25) is 14.4 Å². The molecule has 4 aromatic carbocycles. The minimum atomic E-state index is -0.528. The molecular formula is C30H22Cl3N3O3S. The Bertz CT molecular complexity index is 1580. The van der Waals surface area contributed by atoms with E-state index in [1.54, 1.807) is 97.1 Å². The molecule has 40 heavy (non-hydrogen) atoms. The summed E-state index contributed by atoms with van der Waals surface area (Å²) in [4.78, 5) is 39.3. The van der Waals surface area contributed by atoms with E-state index in [1.165, 1.54) is 11.8 Å². The predicted octanol–water partition coefficient (Wildman–Crippen LogP) is 7.79. The Morgan fingerprint density at radius 3 is 2.27 bits per heavy atom. The maximum atomic E-state index is 13.3. The quantitative estimate of drug-likeness (QED) is 0.133. The smallest absolute Gasteiger partial charge is 0.272 e. The van der Waals surface area contributed by atoms with Crippen molar-refractivity contribution in [3.8, 4) is 0 Å². The fourth-order valence-electron chi connectivity index (χ4n) is 3.50. The maximum Gasteiger partial charge on any atom is 0.272 e. The largest absolute Gasteiger partial charge is 0.324 e. The summed E-state index contributed by atoms with van der Waals surface area (Å²) >= 11 is 19.5. The Balaban J connectivity index is 1.45.